The maximum Gasteiger partial charge on any atom is 0.235 e. The van der Waals surface area contributed by atoms with E-state index in [1.165, 1.54) is 16.7 Å². The minimum Gasteiger partial charge on any atom is -0.339 e. The van der Waals surface area contributed by atoms with E-state index < -0.39 is 0 Å². The van der Waals surface area contributed by atoms with Crippen molar-refractivity contribution in [3.8, 4) is 0 Å². The first-order valence-electron chi connectivity index (χ1n) is 11.0. The third kappa shape index (κ3) is 5.38. The van der Waals surface area contributed by atoms with Gasteiger partial charge in [0.05, 0.1) is 11.3 Å². The molecule has 1 aliphatic rings. The fraction of sp³-hybridized carbons (Fsp3) is 0.296. The average molecular weight is 431 g/mol. The Balaban J connectivity index is 1.41. The van der Waals surface area contributed by atoms with Crippen molar-refractivity contribution in [3.05, 3.63) is 102 Å². The van der Waals surface area contributed by atoms with E-state index in [0.29, 0.717) is 0 Å². The van der Waals surface area contributed by atoms with Crippen LogP contribution in [-0.4, -0.2) is 47.1 Å². The SMILES string of the molecule is Cc1ccc(S[C@@H](C)C(=O)N2CCN(C(c3ccccc3)c3ccccc3)CC2)cc1. The highest BCUT2D eigenvalue weighted by atomic mass is 32.2. The van der Waals surface area contributed by atoms with Gasteiger partial charge in [-0.25, -0.2) is 0 Å². The van der Waals surface area contributed by atoms with Crippen LogP contribution in [0, 0.1) is 6.92 Å². The highest BCUT2D eigenvalue weighted by Crippen LogP contribution is 2.30. The lowest BCUT2D eigenvalue weighted by atomic mass is 9.96. The van der Waals surface area contributed by atoms with Crippen molar-refractivity contribution in [1.29, 1.82) is 0 Å². The van der Waals surface area contributed by atoms with Crippen molar-refractivity contribution in [1.82, 2.24) is 9.80 Å². The Morgan fingerprint density at radius 3 is 1.81 bits per heavy atom. The minimum atomic E-state index is -0.0756. The van der Waals surface area contributed by atoms with Crippen LogP contribution in [0.5, 0.6) is 0 Å². The number of aryl methyl sites for hydroxylation is 1. The fourth-order valence-electron chi connectivity index (χ4n) is 4.21. The third-order valence-corrected chi connectivity index (χ3v) is 7.00. The van der Waals surface area contributed by atoms with Gasteiger partial charge in [-0.2, -0.15) is 0 Å². The molecule has 31 heavy (non-hydrogen) atoms. The molecule has 1 amide bonds. The number of rotatable bonds is 6. The predicted molar refractivity (Wildman–Crippen MR) is 129 cm³/mol. The maximum absolute atomic E-state index is 13.1. The molecule has 0 radical (unpaired) electrons. The largest absolute Gasteiger partial charge is 0.339 e. The Bertz CT molecular complexity index is 928. The van der Waals surface area contributed by atoms with E-state index in [1.54, 1.807) is 11.8 Å². The second-order valence-electron chi connectivity index (χ2n) is 8.16. The number of nitrogens with zero attached hydrogens (tertiary/aromatic N) is 2. The molecule has 0 bridgehead atoms. The van der Waals surface area contributed by atoms with Gasteiger partial charge in [-0.1, -0.05) is 78.4 Å². The Kier molecular flexibility index (Phi) is 7.10. The summed E-state index contributed by atoms with van der Waals surface area (Å²) in [6, 6.07) is 30.0. The van der Waals surface area contributed by atoms with Crippen LogP contribution in [0.1, 0.15) is 29.7 Å². The minimum absolute atomic E-state index is 0.0756. The van der Waals surface area contributed by atoms with Gasteiger partial charge in [0, 0.05) is 31.1 Å². The van der Waals surface area contributed by atoms with Gasteiger partial charge < -0.3 is 4.90 Å². The number of piperazine rings is 1. The van der Waals surface area contributed by atoms with Gasteiger partial charge in [0.15, 0.2) is 0 Å². The molecule has 4 heteroatoms. The quantitative estimate of drug-likeness (QED) is 0.489. The maximum atomic E-state index is 13.1. The fourth-order valence-corrected chi connectivity index (χ4v) is 5.17. The molecule has 0 aromatic heterocycles. The van der Waals surface area contributed by atoms with E-state index in [0.717, 1.165) is 31.1 Å². The molecule has 0 N–H and O–H groups in total. The molecule has 3 aromatic rings. The average Bonchev–Trinajstić information content (AvgIpc) is 2.82. The molecular weight excluding hydrogens is 400 g/mol. The number of benzene rings is 3. The Morgan fingerprint density at radius 2 is 1.29 bits per heavy atom. The lowest BCUT2D eigenvalue weighted by molar-refractivity contribution is -0.132. The Hall–Kier alpha value is -2.56. The van der Waals surface area contributed by atoms with E-state index in [1.807, 2.05) is 11.8 Å². The Labute approximate surface area is 190 Å². The third-order valence-electron chi connectivity index (χ3n) is 5.90. The highest BCUT2D eigenvalue weighted by molar-refractivity contribution is 8.00. The lowest BCUT2D eigenvalue weighted by Gasteiger charge is -2.40. The molecule has 3 nitrogen and oxygen atoms in total. The number of hydrogen-bond acceptors (Lipinski definition) is 3. The molecule has 1 heterocycles. The number of carbonyl (C=O) groups is 1. The van der Waals surface area contributed by atoms with Crippen LogP contribution in [0.4, 0.5) is 0 Å². The summed E-state index contributed by atoms with van der Waals surface area (Å²) in [6.45, 7) is 7.41. The van der Waals surface area contributed by atoms with E-state index in [-0.39, 0.29) is 17.2 Å². The van der Waals surface area contributed by atoms with Gasteiger partial charge in [0.25, 0.3) is 0 Å². The highest BCUT2D eigenvalue weighted by Gasteiger charge is 2.30. The molecule has 0 spiro atoms. The summed E-state index contributed by atoms with van der Waals surface area (Å²) < 4.78 is 0. The lowest BCUT2D eigenvalue weighted by Crippen LogP contribution is -2.51. The summed E-state index contributed by atoms with van der Waals surface area (Å²) in [6.07, 6.45) is 0. The van der Waals surface area contributed by atoms with Gasteiger partial charge >= 0.3 is 0 Å². The van der Waals surface area contributed by atoms with Crippen molar-refractivity contribution >= 4 is 17.7 Å². The van der Waals surface area contributed by atoms with Crippen LogP contribution in [0.15, 0.2) is 89.8 Å². The topological polar surface area (TPSA) is 23.6 Å². The number of thioether (sulfide) groups is 1. The number of hydrogen-bond donors (Lipinski definition) is 0. The van der Waals surface area contributed by atoms with E-state index >= 15 is 0 Å². The molecule has 0 unspecified atom stereocenters. The summed E-state index contributed by atoms with van der Waals surface area (Å²) in [4.78, 5) is 18.8. The normalized spacial score (nSPS) is 15.8. The van der Waals surface area contributed by atoms with Crippen molar-refractivity contribution < 1.29 is 4.79 Å². The zero-order valence-corrected chi connectivity index (χ0v) is 19.1. The first-order chi connectivity index (χ1) is 15.1. The van der Waals surface area contributed by atoms with Crippen LogP contribution in [0.2, 0.25) is 0 Å². The molecule has 3 aromatic carbocycles. The zero-order chi connectivity index (χ0) is 21.6. The van der Waals surface area contributed by atoms with Gasteiger partial charge in [-0.05, 0) is 37.1 Å². The van der Waals surface area contributed by atoms with Crippen LogP contribution < -0.4 is 0 Å². The molecule has 160 valence electrons. The van der Waals surface area contributed by atoms with Gasteiger partial charge in [0.2, 0.25) is 5.91 Å². The number of amides is 1. The van der Waals surface area contributed by atoms with Crippen LogP contribution in [0.25, 0.3) is 0 Å². The second-order valence-corrected chi connectivity index (χ2v) is 9.57. The molecule has 1 aliphatic heterocycles. The molecule has 0 saturated carbocycles. The predicted octanol–water partition coefficient (Wildman–Crippen LogP) is 5.41. The van der Waals surface area contributed by atoms with Crippen molar-refractivity contribution in [2.45, 2.75) is 30.0 Å². The van der Waals surface area contributed by atoms with Crippen LogP contribution >= 0.6 is 11.8 Å². The summed E-state index contributed by atoms with van der Waals surface area (Å²) in [5.74, 6) is 0.237. The summed E-state index contributed by atoms with van der Waals surface area (Å²) in [5, 5.41) is -0.0756. The molecule has 1 fully saturated rings. The van der Waals surface area contributed by atoms with Crippen LogP contribution in [-0.2, 0) is 4.79 Å². The molecule has 0 aliphatic carbocycles. The van der Waals surface area contributed by atoms with Crippen molar-refractivity contribution in [2.24, 2.45) is 0 Å². The zero-order valence-electron chi connectivity index (χ0n) is 18.3. The summed E-state index contributed by atoms with van der Waals surface area (Å²) in [5.41, 5.74) is 3.85. The van der Waals surface area contributed by atoms with E-state index in [2.05, 4.69) is 96.8 Å². The Morgan fingerprint density at radius 1 is 0.774 bits per heavy atom. The van der Waals surface area contributed by atoms with Crippen molar-refractivity contribution in [3.63, 3.8) is 0 Å². The van der Waals surface area contributed by atoms with Gasteiger partial charge in [0.1, 0.15) is 0 Å². The standard InChI is InChI=1S/C27H30N2OS/c1-21-13-15-25(16-14-21)31-22(2)27(30)29-19-17-28(18-20-29)26(23-9-5-3-6-10-23)24-11-7-4-8-12-24/h3-16,22,26H,17-20H2,1-2H3/t22-/m0/s1. The first kappa shape index (κ1) is 21.7. The molecule has 1 saturated heterocycles. The molecular formula is C27H30N2OS. The monoisotopic (exact) mass is 430 g/mol. The smallest absolute Gasteiger partial charge is 0.235 e. The number of carbonyl (C=O) groups excluding carboxylic acids is 1. The second kappa shape index (κ2) is 10.2. The van der Waals surface area contributed by atoms with Crippen LogP contribution in [0.3, 0.4) is 0 Å². The summed E-state index contributed by atoms with van der Waals surface area (Å²) >= 11 is 1.65. The summed E-state index contributed by atoms with van der Waals surface area (Å²) in [7, 11) is 0. The van der Waals surface area contributed by atoms with Crippen molar-refractivity contribution in [2.75, 3.05) is 26.2 Å². The van der Waals surface area contributed by atoms with Gasteiger partial charge in [-0.15, -0.1) is 11.8 Å². The van der Waals surface area contributed by atoms with E-state index in [9.17, 15) is 4.79 Å². The van der Waals surface area contributed by atoms with E-state index in [4.69, 9.17) is 0 Å². The molecule has 1 atom stereocenters. The first-order valence-corrected chi connectivity index (χ1v) is 11.9. The van der Waals surface area contributed by atoms with Gasteiger partial charge in [-0.3, -0.25) is 9.69 Å². The molecule has 4 rings (SSSR count).